The third-order valence-corrected chi connectivity index (χ3v) is 7.40. The van der Waals surface area contributed by atoms with Gasteiger partial charge in [0.1, 0.15) is 22.6 Å². The molecule has 2 aliphatic rings. The van der Waals surface area contributed by atoms with Crippen molar-refractivity contribution in [3.05, 3.63) is 33.4 Å². The average molecular weight is 457 g/mol. The number of nitrogens with one attached hydrogen (secondary N) is 2. The molecule has 2 aromatic rings. The molecule has 1 fully saturated rings. The van der Waals surface area contributed by atoms with Gasteiger partial charge in [-0.1, -0.05) is 27.8 Å². The Kier molecular flexibility index (Phi) is 5.42. The summed E-state index contributed by atoms with van der Waals surface area (Å²) in [5, 5.41) is 21.6. The number of β-lactam (4-membered cyclic amide) rings is 1. The lowest BCUT2D eigenvalue weighted by Crippen LogP contribution is -2.71. The Morgan fingerprint density at radius 2 is 2.31 bits per heavy atom. The number of carbonyl (C=O) groups excluding carboxylic acids is 2. The van der Waals surface area contributed by atoms with Crippen molar-refractivity contribution in [1.82, 2.24) is 25.7 Å². The van der Waals surface area contributed by atoms with Gasteiger partial charge in [-0.05, 0) is 10.8 Å². The molecular weight excluding hydrogens is 444 g/mol. The number of aliphatic carboxylic acids is 1. The van der Waals surface area contributed by atoms with Crippen molar-refractivity contribution in [1.29, 1.82) is 0 Å². The van der Waals surface area contributed by atoms with E-state index in [0.29, 0.717) is 21.4 Å². The fourth-order valence-electron chi connectivity index (χ4n) is 2.90. The van der Waals surface area contributed by atoms with E-state index < -0.39 is 34.8 Å². The largest absolute Gasteiger partial charge is 0.477 e. The number of hydrogen-bond donors (Lipinski definition) is 3. The highest BCUT2D eigenvalue weighted by Crippen LogP contribution is 2.41. The van der Waals surface area contributed by atoms with Crippen molar-refractivity contribution in [3.8, 4) is 0 Å². The topological polar surface area (TPSA) is 162 Å². The molecule has 2 atom stereocenters. The van der Waals surface area contributed by atoms with Crippen molar-refractivity contribution in [2.45, 2.75) is 22.3 Å². The van der Waals surface area contributed by atoms with E-state index in [4.69, 9.17) is 0 Å². The molecule has 0 aliphatic carbocycles. The number of aromatic amines is 1. The minimum Gasteiger partial charge on any atom is -0.477 e. The predicted molar refractivity (Wildman–Crippen MR) is 99.8 cm³/mol. The van der Waals surface area contributed by atoms with Gasteiger partial charge < -0.3 is 10.4 Å². The number of nitrogens with zero attached hydrogens (tertiary/aromatic N) is 4. The summed E-state index contributed by atoms with van der Waals surface area (Å²) in [6.07, 6.45) is 1.07. The molecule has 12 nitrogen and oxygen atoms in total. The zero-order chi connectivity index (χ0) is 20.5. The smallest absolute Gasteiger partial charge is 0.426 e. The first-order valence-electron chi connectivity index (χ1n) is 8.10. The van der Waals surface area contributed by atoms with E-state index in [1.165, 1.54) is 39.8 Å². The third-order valence-electron chi connectivity index (χ3n) is 4.11. The van der Waals surface area contributed by atoms with Gasteiger partial charge in [-0.15, -0.1) is 22.0 Å². The lowest BCUT2D eigenvalue weighted by Gasteiger charge is -2.49. The van der Waals surface area contributed by atoms with E-state index in [9.17, 15) is 24.3 Å². The van der Waals surface area contributed by atoms with Gasteiger partial charge in [0.15, 0.2) is 4.34 Å². The van der Waals surface area contributed by atoms with Gasteiger partial charge in [0.2, 0.25) is 0 Å². The third kappa shape index (κ3) is 3.92. The standard InChI is InChI=1S/C14H12N6O6S3/c21-7(1-19-2-8(22)26-18-19)16-9-11(23)20-10(13(24)25)6(3-27-12(9)20)4-28-14-17-15-5-29-14/h2,5,9,12H,1,3-4H2,(H2-,16,18,21,22,24,25)/p+1/t9?,12-/m0/s1. The Morgan fingerprint density at radius 1 is 1.48 bits per heavy atom. The maximum Gasteiger partial charge on any atom is 0.426 e. The molecule has 0 bridgehead atoms. The van der Waals surface area contributed by atoms with Gasteiger partial charge in [-0.25, -0.2) is 9.59 Å². The number of rotatable bonds is 7. The number of fused-ring (bicyclic) bond motifs is 1. The van der Waals surface area contributed by atoms with Crippen molar-refractivity contribution >= 4 is 52.6 Å². The Morgan fingerprint density at radius 3 is 2.97 bits per heavy atom. The number of carboxylic acids is 1. The van der Waals surface area contributed by atoms with Crippen LogP contribution in [0.2, 0.25) is 0 Å². The number of H-pyrrole nitrogens is 1. The van der Waals surface area contributed by atoms with Crippen LogP contribution in [0.3, 0.4) is 0 Å². The molecule has 2 aromatic heterocycles. The SMILES string of the molecule is O=C(C[n+]1cc(=O)o[nH]1)NC1C(=O)N2C(C(=O)O)=C(CSc3nncs3)CS[C@@H]12. The molecule has 29 heavy (non-hydrogen) atoms. The van der Waals surface area contributed by atoms with Crippen LogP contribution in [-0.2, 0) is 20.9 Å². The minimum atomic E-state index is -1.19. The number of amides is 2. The first-order valence-corrected chi connectivity index (χ1v) is 11.0. The van der Waals surface area contributed by atoms with E-state index in [0.717, 1.165) is 10.9 Å². The second kappa shape index (κ2) is 8.00. The van der Waals surface area contributed by atoms with Gasteiger partial charge in [0.25, 0.3) is 24.6 Å². The quantitative estimate of drug-likeness (QED) is 0.257. The number of carbonyl (C=O) groups is 3. The molecule has 15 heteroatoms. The Hall–Kier alpha value is -2.65. The highest BCUT2D eigenvalue weighted by Gasteiger charge is 2.54. The van der Waals surface area contributed by atoms with Crippen LogP contribution in [0, 0.1) is 0 Å². The summed E-state index contributed by atoms with van der Waals surface area (Å²) in [6.45, 7) is -0.238. The van der Waals surface area contributed by atoms with E-state index in [-0.39, 0.29) is 12.2 Å². The molecule has 0 spiro atoms. The molecule has 0 saturated carbocycles. The summed E-state index contributed by atoms with van der Waals surface area (Å²) >= 11 is 4.10. The maximum absolute atomic E-state index is 12.6. The highest BCUT2D eigenvalue weighted by atomic mass is 32.2. The van der Waals surface area contributed by atoms with Crippen molar-refractivity contribution in [3.63, 3.8) is 0 Å². The molecule has 3 N–H and O–H groups in total. The second-order valence-electron chi connectivity index (χ2n) is 5.98. The number of hydrogen-bond acceptors (Lipinski definition) is 10. The van der Waals surface area contributed by atoms with Crippen LogP contribution >= 0.6 is 34.9 Å². The molecule has 4 heterocycles. The summed E-state index contributed by atoms with van der Waals surface area (Å²) in [5.41, 5.74) is 1.52. The van der Waals surface area contributed by atoms with Crippen molar-refractivity contribution in [2.75, 3.05) is 11.5 Å². The van der Waals surface area contributed by atoms with E-state index in [2.05, 4.69) is 25.3 Å². The summed E-state index contributed by atoms with van der Waals surface area (Å²) in [5.74, 6) is -1.39. The molecule has 0 radical (unpaired) electrons. The van der Waals surface area contributed by atoms with Crippen LogP contribution < -0.4 is 15.6 Å². The summed E-state index contributed by atoms with van der Waals surface area (Å²) < 4.78 is 6.31. The molecular formula is C14H13N6O6S3+. The fourth-order valence-corrected chi connectivity index (χ4v) is 5.88. The number of thioether (sulfide) groups is 2. The molecule has 1 unspecified atom stereocenters. The van der Waals surface area contributed by atoms with E-state index in [1.807, 2.05) is 0 Å². The van der Waals surface area contributed by atoms with Gasteiger partial charge in [-0.2, -0.15) is 0 Å². The lowest BCUT2D eigenvalue weighted by molar-refractivity contribution is -0.751. The zero-order valence-corrected chi connectivity index (χ0v) is 16.9. The van der Waals surface area contributed by atoms with Crippen LogP contribution in [-0.4, -0.2) is 66.2 Å². The monoisotopic (exact) mass is 457 g/mol. The van der Waals surface area contributed by atoms with Crippen LogP contribution in [0.25, 0.3) is 0 Å². The number of carboxylic acid groups (broad SMARTS) is 1. The Balaban J connectivity index is 1.44. The van der Waals surface area contributed by atoms with Crippen LogP contribution in [0.5, 0.6) is 0 Å². The van der Waals surface area contributed by atoms with Gasteiger partial charge in [0.05, 0.1) is 0 Å². The molecule has 4 rings (SSSR count). The zero-order valence-electron chi connectivity index (χ0n) is 14.4. The molecule has 2 amide bonds. The summed E-state index contributed by atoms with van der Waals surface area (Å²) in [6, 6.07) is -0.835. The summed E-state index contributed by atoms with van der Waals surface area (Å²) in [4.78, 5) is 48.7. The minimum absolute atomic E-state index is 0.0465. The lowest BCUT2D eigenvalue weighted by atomic mass is 10.0. The molecule has 2 aliphatic heterocycles. The maximum atomic E-state index is 12.6. The first-order chi connectivity index (χ1) is 13.9. The summed E-state index contributed by atoms with van der Waals surface area (Å²) in [7, 11) is 0. The van der Waals surface area contributed by atoms with E-state index in [1.54, 1.807) is 5.51 Å². The first kappa shape index (κ1) is 19.7. The molecule has 1 saturated heterocycles. The molecule has 152 valence electrons. The van der Waals surface area contributed by atoms with Gasteiger partial charge in [-0.3, -0.25) is 19.0 Å². The fraction of sp³-hybridized carbons (Fsp3) is 0.357. The van der Waals surface area contributed by atoms with Crippen LogP contribution in [0.1, 0.15) is 0 Å². The normalized spacial score (nSPS) is 21.0. The number of aromatic nitrogens is 4. The van der Waals surface area contributed by atoms with Crippen LogP contribution in [0.4, 0.5) is 0 Å². The molecule has 0 aromatic carbocycles. The van der Waals surface area contributed by atoms with Crippen LogP contribution in [0.15, 0.2) is 36.6 Å². The Bertz CT molecular complexity index is 1050. The van der Waals surface area contributed by atoms with Crippen molar-refractivity contribution in [2.24, 2.45) is 0 Å². The Labute approximate surface area is 174 Å². The average Bonchev–Trinajstić information content (AvgIpc) is 3.35. The van der Waals surface area contributed by atoms with Gasteiger partial charge in [0, 0.05) is 11.5 Å². The highest BCUT2D eigenvalue weighted by molar-refractivity contribution is 8.01. The van der Waals surface area contributed by atoms with Gasteiger partial charge >= 0.3 is 11.6 Å². The van der Waals surface area contributed by atoms with E-state index >= 15 is 0 Å². The van der Waals surface area contributed by atoms with Crippen molar-refractivity contribution < 1.29 is 28.7 Å². The predicted octanol–water partition coefficient (Wildman–Crippen LogP) is -1.36. The second-order valence-corrected chi connectivity index (χ2v) is 9.14.